The Kier molecular flexibility index (Phi) is 4.30. The predicted octanol–water partition coefficient (Wildman–Crippen LogP) is 5.04. The first-order chi connectivity index (χ1) is 8.99. The van der Waals surface area contributed by atoms with Gasteiger partial charge >= 0.3 is 0 Å². The van der Waals surface area contributed by atoms with Gasteiger partial charge in [-0.3, -0.25) is 4.79 Å². The fraction of sp³-hybridized carbons (Fsp3) is 0. The molecule has 6 heteroatoms. The van der Waals surface area contributed by atoms with Gasteiger partial charge in [-0.1, -0.05) is 34.8 Å². The van der Waals surface area contributed by atoms with E-state index in [1.807, 2.05) is 0 Å². The van der Waals surface area contributed by atoms with E-state index in [0.717, 1.165) is 0 Å². The number of nitrogens with one attached hydrogen (secondary N) is 1. The highest BCUT2D eigenvalue weighted by Crippen LogP contribution is 2.31. The molecule has 0 heterocycles. The van der Waals surface area contributed by atoms with E-state index in [4.69, 9.17) is 34.8 Å². The molecule has 0 radical (unpaired) electrons. The lowest BCUT2D eigenvalue weighted by molar-refractivity contribution is 0.102. The summed E-state index contributed by atoms with van der Waals surface area (Å²) in [6.07, 6.45) is 0. The van der Waals surface area contributed by atoms with E-state index in [1.165, 1.54) is 36.4 Å². The fourth-order valence-electron chi connectivity index (χ4n) is 1.46. The molecule has 2 rings (SSSR count). The Morgan fingerprint density at radius 1 is 0.947 bits per heavy atom. The van der Waals surface area contributed by atoms with Crippen LogP contribution in [0.1, 0.15) is 10.4 Å². The van der Waals surface area contributed by atoms with Crippen LogP contribution in [0.5, 0.6) is 0 Å². The summed E-state index contributed by atoms with van der Waals surface area (Å²) in [5, 5.41) is 3.06. The molecule has 0 aliphatic heterocycles. The van der Waals surface area contributed by atoms with Crippen molar-refractivity contribution >= 4 is 46.4 Å². The Bertz CT molecular complexity index is 629. The van der Waals surface area contributed by atoms with Crippen LogP contribution in [0, 0.1) is 5.82 Å². The maximum atomic E-state index is 12.8. The van der Waals surface area contributed by atoms with Crippen LogP contribution in [0.3, 0.4) is 0 Å². The Balaban J connectivity index is 2.30. The molecule has 2 nitrogen and oxygen atoms in total. The summed E-state index contributed by atoms with van der Waals surface area (Å²) >= 11 is 17.7. The van der Waals surface area contributed by atoms with Crippen LogP contribution >= 0.6 is 34.8 Å². The van der Waals surface area contributed by atoms with Gasteiger partial charge in [0.25, 0.3) is 5.91 Å². The summed E-state index contributed by atoms with van der Waals surface area (Å²) in [5.74, 6) is -0.902. The number of rotatable bonds is 2. The highest BCUT2D eigenvalue weighted by atomic mass is 35.5. The SMILES string of the molecule is O=C(Nc1ccc(F)cc1)c1c(Cl)ccc(Cl)c1Cl. The second kappa shape index (κ2) is 5.78. The number of carbonyl (C=O) groups excluding carboxylic acids is 1. The molecule has 2 aromatic rings. The van der Waals surface area contributed by atoms with E-state index in [1.54, 1.807) is 0 Å². The third kappa shape index (κ3) is 3.18. The number of carbonyl (C=O) groups is 1. The van der Waals surface area contributed by atoms with Gasteiger partial charge in [0.15, 0.2) is 0 Å². The normalized spacial score (nSPS) is 10.3. The van der Waals surface area contributed by atoms with E-state index in [2.05, 4.69) is 5.32 Å². The van der Waals surface area contributed by atoms with E-state index in [0.29, 0.717) is 5.69 Å². The molecule has 0 saturated carbocycles. The molecule has 0 fully saturated rings. The zero-order chi connectivity index (χ0) is 14.0. The highest BCUT2D eigenvalue weighted by Gasteiger charge is 2.17. The zero-order valence-electron chi connectivity index (χ0n) is 9.38. The van der Waals surface area contributed by atoms with Crippen LogP contribution in [0.15, 0.2) is 36.4 Å². The average molecular weight is 319 g/mol. The number of amides is 1. The summed E-state index contributed by atoms with van der Waals surface area (Å²) in [7, 11) is 0. The maximum Gasteiger partial charge on any atom is 0.258 e. The molecule has 0 bridgehead atoms. The number of hydrogen-bond donors (Lipinski definition) is 1. The van der Waals surface area contributed by atoms with E-state index >= 15 is 0 Å². The van der Waals surface area contributed by atoms with Crippen LogP contribution < -0.4 is 5.32 Å². The van der Waals surface area contributed by atoms with Crippen LogP contribution in [0.4, 0.5) is 10.1 Å². The van der Waals surface area contributed by atoms with Crippen molar-refractivity contribution < 1.29 is 9.18 Å². The standard InChI is InChI=1S/C13H7Cl3FNO/c14-9-5-6-10(15)12(16)11(9)13(19)18-8-3-1-7(17)2-4-8/h1-6H,(H,18,19). The van der Waals surface area contributed by atoms with Crippen molar-refractivity contribution in [1.82, 2.24) is 0 Å². The topological polar surface area (TPSA) is 29.1 Å². The number of anilines is 1. The van der Waals surface area contributed by atoms with Gasteiger partial charge in [0.2, 0.25) is 0 Å². The van der Waals surface area contributed by atoms with Crippen molar-refractivity contribution in [2.45, 2.75) is 0 Å². The smallest absolute Gasteiger partial charge is 0.258 e. The molecular formula is C13H7Cl3FNO. The van der Waals surface area contributed by atoms with Crippen molar-refractivity contribution in [3.8, 4) is 0 Å². The van der Waals surface area contributed by atoms with Crippen LogP contribution in [0.2, 0.25) is 15.1 Å². The van der Waals surface area contributed by atoms with Gasteiger partial charge in [0, 0.05) is 5.69 Å². The molecular weight excluding hydrogens is 312 g/mol. The Hall–Kier alpha value is -1.29. The van der Waals surface area contributed by atoms with Gasteiger partial charge < -0.3 is 5.32 Å². The molecule has 98 valence electrons. The molecule has 1 N–H and O–H groups in total. The predicted molar refractivity (Wildman–Crippen MR) is 75.8 cm³/mol. The first-order valence-corrected chi connectivity index (χ1v) is 6.33. The molecule has 0 aliphatic carbocycles. The Labute approximate surface area is 124 Å². The molecule has 1 amide bonds. The summed E-state index contributed by atoms with van der Waals surface area (Å²) in [4.78, 5) is 12.1. The van der Waals surface area contributed by atoms with Gasteiger partial charge in [-0.2, -0.15) is 0 Å². The quantitative estimate of drug-likeness (QED) is 0.772. The molecule has 0 aromatic heterocycles. The number of halogens is 4. The van der Waals surface area contributed by atoms with Crippen molar-refractivity contribution in [3.05, 3.63) is 62.8 Å². The molecule has 0 spiro atoms. The van der Waals surface area contributed by atoms with E-state index in [9.17, 15) is 9.18 Å². The summed E-state index contributed by atoms with van der Waals surface area (Å²) in [6, 6.07) is 8.31. The van der Waals surface area contributed by atoms with Crippen molar-refractivity contribution in [1.29, 1.82) is 0 Å². The first kappa shape index (κ1) is 14.1. The van der Waals surface area contributed by atoms with Gasteiger partial charge in [-0.05, 0) is 36.4 Å². The lowest BCUT2D eigenvalue weighted by Gasteiger charge is -2.09. The first-order valence-electron chi connectivity index (χ1n) is 5.19. The van der Waals surface area contributed by atoms with Crippen molar-refractivity contribution in [3.63, 3.8) is 0 Å². The summed E-state index contributed by atoms with van der Waals surface area (Å²) < 4.78 is 12.8. The maximum absolute atomic E-state index is 12.8. The van der Waals surface area contributed by atoms with Crippen LogP contribution in [0.25, 0.3) is 0 Å². The van der Waals surface area contributed by atoms with Crippen molar-refractivity contribution in [2.75, 3.05) is 5.32 Å². The van der Waals surface area contributed by atoms with Gasteiger partial charge in [-0.15, -0.1) is 0 Å². The summed E-state index contributed by atoms with van der Waals surface area (Å²) in [5.41, 5.74) is 0.513. The van der Waals surface area contributed by atoms with Gasteiger partial charge in [-0.25, -0.2) is 4.39 Å². The minimum Gasteiger partial charge on any atom is -0.322 e. The van der Waals surface area contributed by atoms with E-state index in [-0.39, 0.29) is 20.6 Å². The zero-order valence-corrected chi connectivity index (χ0v) is 11.7. The van der Waals surface area contributed by atoms with E-state index < -0.39 is 11.7 Å². The lowest BCUT2D eigenvalue weighted by Crippen LogP contribution is -2.13. The number of hydrogen-bond acceptors (Lipinski definition) is 1. The molecule has 2 aromatic carbocycles. The van der Waals surface area contributed by atoms with Gasteiger partial charge in [0.1, 0.15) is 5.82 Å². The minimum absolute atomic E-state index is 0.0776. The molecule has 0 saturated heterocycles. The largest absolute Gasteiger partial charge is 0.322 e. The third-order valence-electron chi connectivity index (χ3n) is 2.37. The average Bonchev–Trinajstić information content (AvgIpc) is 2.37. The highest BCUT2D eigenvalue weighted by molar-refractivity contribution is 6.46. The Morgan fingerprint density at radius 3 is 2.16 bits per heavy atom. The molecule has 19 heavy (non-hydrogen) atoms. The fourth-order valence-corrected chi connectivity index (χ4v) is 2.16. The second-order valence-corrected chi connectivity index (χ2v) is 4.87. The molecule has 0 unspecified atom stereocenters. The Morgan fingerprint density at radius 2 is 1.53 bits per heavy atom. The number of benzene rings is 2. The lowest BCUT2D eigenvalue weighted by atomic mass is 10.2. The minimum atomic E-state index is -0.510. The van der Waals surface area contributed by atoms with Crippen molar-refractivity contribution in [2.24, 2.45) is 0 Å². The van der Waals surface area contributed by atoms with Crippen LogP contribution in [-0.2, 0) is 0 Å². The molecule has 0 aliphatic rings. The summed E-state index contributed by atoms with van der Waals surface area (Å²) in [6.45, 7) is 0. The molecule has 0 atom stereocenters. The third-order valence-corrected chi connectivity index (χ3v) is 3.49. The van der Waals surface area contributed by atoms with Gasteiger partial charge in [0.05, 0.1) is 20.6 Å². The van der Waals surface area contributed by atoms with Crippen LogP contribution in [-0.4, -0.2) is 5.91 Å². The monoisotopic (exact) mass is 317 g/mol. The second-order valence-electron chi connectivity index (χ2n) is 3.68.